The summed E-state index contributed by atoms with van der Waals surface area (Å²) in [5.74, 6) is 0.708. The lowest BCUT2D eigenvalue weighted by Crippen LogP contribution is -2.28. The lowest BCUT2D eigenvalue weighted by atomic mass is 10.3. The van der Waals surface area contributed by atoms with Crippen molar-refractivity contribution >= 4 is 35.7 Å². The minimum absolute atomic E-state index is 0.231. The van der Waals surface area contributed by atoms with E-state index in [9.17, 15) is 9.59 Å². The SMILES string of the molecule is CC1SCC(N=C=O)C(N=C=O)S1. The zero-order valence-electron chi connectivity index (χ0n) is 6.97. The van der Waals surface area contributed by atoms with Gasteiger partial charge in [0.25, 0.3) is 0 Å². The molecule has 1 heterocycles. The van der Waals surface area contributed by atoms with Gasteiger partial charge < -0.3 is 0 Å². The Labute approximate surface area is 84.3 Å². The minimum atomic E-state index is -0.268. The molecule has 1 saturated heterocycles. The van der Waals surface area contributed by atoms with Crippen molar-refractivity contribution in [2.75, 3.05) is 5.75 Å². The van der Waals surface area contributed by atoms with Crippen LogP contribution in [-0.4, -0.2) is 33.9 Å². The lowest BCUT2D eigenvalue weighted by Gasteiger charge is -2.26. The Morgan fingerprint density at radius 3 is 2.62 bits per heavy atom. The molecule has 6 heteroatoms. The van der Waals surface area contributed by atoms with Crippen LogP contribution in [0.3, 0.4) is 0 Å². The molecular weight excluding hydrogens is 208 g/mol. The standard InChI is InChI=1S/C7H8N2O2S2/c1-5-12-2-6(8-3-10)7(13-5)9-4-11/h5-7H,2H2,1H3. The fourth-order valence-electron chi connectivity index (χ4n) is 0.980. The molecule has 70 valence electrons. The Morgan fingerprint density at radius 1 is 1.31 bits per heavy atom. The molecule has 1 fully saturated rings. The molecule has 0 bridgehead atoms. The van der Waals surface area contributed by atoms with Crippen molar-refractivity contribution < 1.29 is 9.59 Å². The molecule has 13 heavy (non-hydrogen) atoms. The monoisotopic (exact) mass is 216 g/mol. The van der Waals surface area contributed by atoms with Gasteiger partial charge in [0.05, 0.1) is 0 Å². The van der Waals surface area contributed by atoms with Crippen LogP contribution in [0.5, 0.6) is 0 Å². The Balaban J connectivity index is 2.70. The average molecular weight is 216 g/mol. The predicted octanol–water partition coefficient (Wildman–Crippen LogP) is 1.18. The first kappa shape index (κ1) is 10.5. The molecule has 0 aromatic carbocycles. The van der Waals surface area contributed by atoms with Gasteiger partial charge in [-0.2, -0.15) is 9.98 Å². The molecule has 0 N–H and O–H groups in total. The van der Waals surface area contributed by atoms with Gasteiger partial charge in [0.2, 0.25) is 12.2 Å². The first-order chi connectivity index (χ1) is 6.27. The Bertz CT molecular complexity index is 272. The summed E-state index contributed by atoms with van der Waals surface area (Å²) in [6, 6.07) is -0.231. The third-order valence-electron chi connectivity index (χ3n) is 1.56. The van der Waals surface area contributed by atoms with Crippen molar-refractivity contribution in [1.29, 1.82) is 0 Å². The largest absolute Gasteiger partial charge is 0.236 e. The Kier molecular flexibility index (Phi) is 4.25. The number of hydrogen-bond acceptors (Lipinski definition) is 6. The van der Waals surface area contributed by atoms with Crippen molar-refractivity contribution in [1.82, 2.24) is 0 Å². The van der Waals surface area contributed by atoms with E-state index in [0.717, 1.165) is 0 Å². The van der Waals surface area contributed by atoms with Gasteiger partial charge in [-0.05, 0) is 6.92 Å². The maximum Gasteiger partial charge on any atom is 0.236 e. The third kappa shape index (κ3) is 3.01. The van der Waals surface area contributed by atoms with Gasteiger partial charge in [0, 0.05) is 10.3 Å². The number of hydrogen-bond donors (Lipinski definition) is 0. The smallest absolute Gasteiger partial charge is 0.211 e. The number of isocyanates is 2. The molecule has 1 aliphatic rings. The highest BCUT2D eigenvalue weighted by molar-refractivity contribution is 8.17. The second kappa shape index (κ2) is 5.25. The number of aliphatic imine (C=N–C) groups is 2. The van der Waals surface area contributed by atoms with E-state index in [1.807, 2.05) is 6.92 Å². The number of carbonyl (C=O) groups excluding carboxylic acids is 2. The molecule has 3 unspecified atom stereocenters. The molecular formula is C7H8N2O2S2. The van der Waals surface area contributed by atoms with Crippen LogP contribution < -0.4 is 0 Å². The average Bonchev–Trinajstić information content (AvgIpc) is 2.10. The first-order valence-corrected chi connectivity index (χ1v) is 5.68. The van der Waals surface area contributed by atoms with Gasteiger partial charge in [0.15, 0.2) is 0 Å². The molecule has 1 aliphatic heterocycles. The number of nitrogens with zero attached hydrogens (tertiary/aromatic N) is 2. The van der Waals surface area contributed by atoms with Gasteiger partial charge in [0.1, 0.15) is 11.4 Å². The van der Waals surface area contributed by atoms with Crippen LogP contribution in [0.1, 0.15) is 6.92 Å². The molecule has 0 aliphatic carbocycles. The summed E-state index contributed by atoms with van der Waals surface area (Å²) in [6.45, 7) is 2.03. The van der Waals surface area contributed by atoms with Crippen molar-refractivity contribution in [2.45, 2.75) is 22.9 Å². The molecule has 0 amide bonds. The summed E-state index contributed by atoms with van der Waals surface area (Å²) in [4.78, 5) is 27.3. The van der Waals surface area contributed by atoms with E-state index in [-0.39, 0.29) is 11.4 Å². The van der Waals surface area contributed by atoms with E-state index in [1.165, 1.54) is 23.9 Å². The van der Waals surface area contributed by atoms with Gasteiger partial charge in [-0.25, -0.2) is 9.59 Å². The van der Waals surface area contributed by atoms with Crippen LogP contribution in [-0.2, 0) is 9.59 Å². The van der Waals surface area contributed by atoms with Gasteiger partial charge >= 0.3 is 0 Å². The second-order valence-corrected chi connectivity index (χ2v) is 5.57. The van der Waals surface area contributed by atoms with Crippen LogP contribution >= 0.6 is 23.5 Å². The van der Waals surface area contributed by atoms with Crippen LogP contribution in [0.15, 0.2) is 9.98 Å². The van der Waals surface area contributed by atoms with Crippen molar-refractivity contribution in [3.8, 4) is 0 Å². The van der Waals surface area contributed by atoms with Crippen molar-refractivity contribution in [3.63, 3.8) is 0 Å². The van der Waals surface area contributed by atoms with E-state index in [2.05, 4.69) is 9.98 Å². The second-order valence-electron chi connectivity index (χ2n) is 2.44. The molecule has 1 rings (SSSR count). The zero-order valence-corrected chi connectivity index (χ0v) is 8.60. The molecule has 3 atom stereocenters. The normalized spacial score (nSPS) is 32.8. The zero-order chi connectivity index (χ0) is 9.68. The summed E-state index contributed by atoms with van der Waals surface area (Å²) in [7, 11) is 0. The highest BCUT2D eigenvalue weighted by Crippen LogP contribution is 2.37. The van der Waals surface area contributed by atoms with Gasteiger partial charge in [-0.3, -0.25) is 0 Å². The third-order valence-corrected chi connectivity index (χ3v) is 4.39. The fourth-order valence-corrected chi connectivity index (χ4v) is 3.55. The van der Waals surface area contributed by atoms with Crippen molar-refractivity contribution in [2.24, 2.45) is 9.98 Å². The molecule has 0 spiro atoms. The number of thioether (sulfide) groups is 2. The maximum atomic E-state index is 10.1. The summed E-state index contributed by atoms with van der Waals surface area (Å²) in [5, 5.41) is -0.268. The van der Waals surface area contributed by atoms with Crippen molar-refractivity contribution in [3.05, 3.63) is 0 Å². The van der Waals surface area contributed by atoms with E-state index in [1.54, 1.807) is 11.8 Å². The maximum absolute atomic E-state index is 10.1. The highest BCUT2D eigenvalue weighted by Gasteiger charge is 2.29. The van der Waals surface area contributed by atoms with Crippen LogP contribution in [0.4, 0.5) is 0 Å². The van der Waals surface area contributed by atoms with E-state index >= 15 is 0 Å². The van der Waals surface area contributed by atoms with E-state index in [0.29, 0.717) is 10.3 Å². The fraction of sp³-hybridized carbons (Fsp3) is 0.714. The topological polar surface area (TPSA) is 58.9 Å². The Morgan fingerprint density at radius 2 is 2.00 bits per heavy atom. The summed E-state index contributed by atoms with van der Waals surface area (Å²) < 4.78 is 0.375. The predicted molar refractivity (Wildman–Crippen MR) is 53.3 cm³/mol. The molecule has 0 radical (unpaired) electrons. The van der Waals surface area contributed by atoms with Gasteiger partial charge in [-0.15, -0.1) is 23.5 Å². The molecule has 0 aromatic rings. The molecule has 0 saturated carbocycles. The van der Waals surface area contributed by atoms with E-state index < -0.39 is 0 Å². The summed E-state index contributed by atoms with van der Waals surface area (Å²) >= 11 is 3.22. The van der Waals surface area contributed by atoms with Crippen LogP contribution in [0.25, 0.3) is 0 Å². The van der Waals surface area contributed by atoms with E-state index in [4.69, 9.17) is 0 Å². The number of rotatable bonds is 2. The summed E-state index contributed by atoms with van der Waals surface area (Å²) in [5.41, 5.74) is 0. The Hall–Kier alpha value is -0.540. The molecule has 0 aromatic heterocycles. The quantitative estimate of drug-likeness (QED) is 0.513. The minimum Gasteiger partial charge on any atom is -0.211 e. The van der Waals surface area contributed by atoms with Crippen LogP contribution in [0, 0.1) is 0 Å². The lowest BCUT2D eigenvalue weighted by molar-refractivity contribution is 0.552. The van der Waals surface area contributed by atoms with Crippen LogP contribution in [0.2, 0.25) is 0 Å². The first-order valence-electron chi connectivity index (χ1n) is 3.69. The molecule has 4 nitrogen and oxygen atoms in total. The highest BCUT2D eigenvalue weighted by atomic mass is 32.2. The van der Waals surface area contributed by atoms with Gasteiger partial charge in [-0.1, -0.05) is 0 Å². The summed E-state index contributed by atoms with van der Waals surface area (Å²) in [6.07, 6.45) is 3.00.